The number of benzene rings is 1. The Balaban J connectivity index is 1.84. The molecule has 1 unspecified atom stereocenters. The summed E-state index contributed by atoms with van der Waals surface area (Å²) >= 11 is 0. The second kappa shape index (κ2) is 8.09. The molecule has 6 nitrogen and oxygen atoms in total. The number of rotatable bonds is 5. The summed E-state index contributed by atoms with van der Waals surface area (Å²) in [4.78, 5) is 24.9. The van der Waals surface area contributed by atoms with E-state index in [9.17, 15) is 22.8 Å². The summed E-state index contributed by atoms with van der Waals surface area (Å²) in [5.74, 6) is -0.947. The van der Waals surface area contributed by atoms with Crippen molar-refractivity contribution in [1.29, 1.82) is 0 Å². The third-order valence-corrected chi connectivity index (χ3v) is 3.63. The van der Waals surface area contributed by atoms with E-state index in [0.29, 0.717) is 19.5 Å². The number of nitrogens with one attached hydrogen (secondary N) is 1. The van der Waals surface area contributed by atoms with Crippen molar-refractivity contribution in [3.63, 3.8) is 0 Å². The third-order valence-electron chi connectivity index (χ3n) is 3.63. The number of nitrogens with zero attached hydrogens (tertiary/aromatic N) is 1. The molecule has 0 saturated carbocycles. The second-order valence-electron chi connectivity index (χ2n) is 5.48. The molecule has 1 aliphatic rings. The molecular weight excluding hydrogens is 341 g/mol. The molecule has 25 heavy (non-hydrogen) atoms. The lowest BCUT2D eigenvalue weighted by Crippen LogP contribution is -2.40. The van der Waals surface area contributed by atoms with Crippen molar-refractivity contribution in [2.24, 2.45) is 0 Å². The van der Waals surface area contributed by atoms with E-state index in [1.807, 2.05) is 0 Å². The van der Waals surface area contributed by atoms with Crippen LogP contribution in [-0.4, -0.2) is 49.2 Å². The summed E-state index contributed by atoms with van der Waals surface area (Å²) in [5, 5.41) is 2.64. The zero-order valence-electron chi connectivity index (χ0n) is 13.6. The highest BCUT2D eigenvalue weighted by Gasteiger charge is 2.34. The monoisotopic (exact) mass is 360 g/mol. The number of carbonyl (C=O) groups excluding carboxylic acids is 2. The quantitative estimate of drug-likeness (QED) is 0.876. The van der Waals surface area contributed by atoms with Gasteiger partial charge in [0.1, 0.15) is 5.75 Å². The van der Waals surface area contributed by atoms with E-state index in [4.69, 9.17) is 9.47 Å². The first-order valence-electron chi connectivity index (χ1n) is 7.81. The number of likely N-dealkylation sites (tertiary alicyclic amines) is 1. The van der Waals surface area contributed by atoms with Crippen molar-refractivity contribution in [2.45, 2.75) is 25.6 Å². The van der Waals surface area contributed by atoms with Crippen LogP contribution in [0.1, 0.15) is 18.9 Å². The minimum Gasteiger partial charge on any atom is -0.483 e. The van der Waals surface area contributed by atoms with E-state index < -0.39 is 36.1 Å². The predicted octanol–water partition coefficient (Wildman–Crippen LogP) is 2.43. The summed E-state index contributed by atoms with van der Waals surface area (Å²) in [6, 6.07) is 4.42. The fourth-order valence-corrected chi connectivity index (χ4v) is 2.50. The number of ether oxygens (including phenoxy) is 2. The third kappa shape index (κ3) is 5.27. The van der Waals surface area contributed by atoms with Crippen LogP contribution in [0.25, 0.3) is 0 Å². The fourth-order valence-electron chi connectivity index (χ4n) is 2.50. The largest absolute Gasteiger partial charge is 0.483 e. The SMILES string of the molecule is CCOC(=O)N1CCC(NC(=O)COc2ccccc2C(F)(F)F)C1. The predicted molar refractivity (Wildman–Crippen MR) is 82.1 cm³/mol. The molecule has 1 aliphatic heterocycles. The molecule has 0 radical (unpaired) electrons. The van der Waals surface area contributed by atoms with Gasteiger partial charge in [0.05, 0.1) is 12.2 Å². The van der Waals surface area contributed by atoms with Gasteiger partial charge in [0.2, 0.25) is 0 Å². The summed E-state index contributed by atoms with van der Waals surface area (Å²) in [6.07, 6.45) is -4.46. The van der Waals surface area contributed by atoms with Crippen LogP contribution >= 0.6 is 0 Å². The van der Waals surface area contributed by atoms with Gasteiger partial charge in [-0.2, -0.15) is 13.2 Å². The Bertz CT molecular complexity index is 622. The number of alkyl halides is 3. The smallest absolute Gasteiger partial charge is 0.419 e. The van der Waals surface area contributed by atoms with Crippen molar-refractivity contribution >= 4 is 12.0 Å². The molecule has 1 N–H and O–H groups in total. The lowest BCUT2D eigenvalue weighted by Gasteiger charge is -2.17. The molecule has 2 rings (SSSR count). The first-order valence-corrected chi connectivity index (χ1v) is 7.81. The maximum absolute atomic E-state index is 12.9. The molecular formula is C16H19F3N2O4. The number of amides is 2. The summed E-state index contributed by atoms with van der Waals surface area (Å²) in [7, 11) is 0. The Kier molecular flexibility index (Phi) is 6.11. The molecule has 1 heterocycles. The van der Waals surface area contributed by atoms with Crippen molar-refractivity contribution in [1.82, 2.24) is 10.2 Å². The number of hydrogen-bond acceptors (Lipinski definition) is 4. The van der Waals surface area contributed by atoms with Gasteiger partial charge in [-0.15, -0.1) is 0 Å². The van der Waals surface area contributed by atoms with Crippen molar-refractivity contribution < 1.29 is 32.2 Å². The molecule has 1 saturated heterocycles. The maximum atomic E-state index is 12.9. The zero-order valence-corrected chi connectivity index (χ0v) is 13.6. The highest BCUT2D eigenvalue weighted by molar-refractivity contribution is 5.78. The maximum Gasteiger partial charge on any atom is 0.419 e. The van der Waals surface area contributed by atoms with Gasteiger partial charge in [-0.1, -0.05) is 12.1 Å². The van der Waals surface area contributed by atoms with Crippen molar-refractivity contribution in [3.8, 4) is 5.75 Å². The topological polar surface area (TPSA) is 67.9 Å². The van der Waals surface area contributed by atoms with Crippen LogP contribution in [0.5, 0.6) is 5.75 Å². The molecule has 138 valence electrons. The van der Waals surface area contributed by atoms with Gasteiger partial charge in [-0.3, -0.25) is 4.79 Å². The van der Waals surface area contributed by atoms with E-state index in [0.717, 1.165) is 12.1 Å². The van der Waals surface area contributed by atoms with Crippen LogP contribution in [0.2, 0.25) is 0 Å². The average Bonchev–Trinajstić information content (AvgIpc) is 3.01. The van der Waals surface area contributed by atoms with Crippen LogP contribution in [0.4, 0.5) is 18.0 Å². The van der Waals surface area contributed by atoms with E-state index in [1.165, 1.54) is 17.0 Å². The average molecular weight is 360 g/mol. The van der Waals surface area contributed by atoms with Gasteiger partial charge in [-0.05, 0) is 25.5 Å². The molecule has 1 aromatic carbocycles. The van der Waals surface area contributed by atoms with Gasteiger partial charge >= 0.3 is 12.3 Å². The van der Waals surface area contributed by atoms with Crippen LogP contribution in [0, 0.1) is 0 Å². The molecule has 0 aromatic heterocycles. The lowest BCUT2D eigenvalue weighted by atomic mass is 10.2. The van der Waals surface area contributed by atoms with Crippen LogP contribution in [0.15, 0.2) is 24.3 Å². The molecule has 1 aromatic rings. The highest BCUT2D eigenvalue weighted by Crippen LogP contribution is 2.35. The summed E-state index contributed by atoms with van der Waals surface area (Å²) in [5.41, 5.74) is -0.933. The van der Waals surface area contributed by atoms with E-state index in [2.05, 4.69) is 5.32 Å². The molecule has 1 fully saturated rings. The normalized spacial score (nSPS) is 17.3. The van der Waals surface area contributed by atoms with Crippen molar-refractivity contribution in [2.75, 3.05) is 26.3 Å². The Morgan fingerprint density at radius 2 is 2.04 bits per heavy atom. The van der Waals surface area contributed by atoms with Gasteiger partial charge in [0, 0.05) is 19.1 Å². The van der Waals surface area contributed by atoms with Crippen LogP contribution < -0.4 is 10.1 Å². The number of hydrogen-bond donors (Lipinski definition) is 1. The minimum atomic E-state index is -4.56. The second-order valence-corrected chi connectivity index (χ2v) is 5.48. The lowest BCUT2D eigenvalue weighted by molar-refractivity contribution is -0.139. The zero-order chi connectivity index (χ0) is 18.4. The standard InChI is InChI=1S/C16H19F3N2O4/c1-2-24-15(23)21-8-7-11(9-21)20-14(22)10-25-13-6-4-3-5-12(13)16(17,18)19/h3-6,11H,2,7-10H2,1H3,(H,20,22). The number of carbonyl (C=O) groups is 2. The Morgan fingerprint density at radius 1 is 1.32 bits per heavy atom. The van der Waals surface area contributed by atoms with Crippen LogP contribution in [-0.2, 0) is 15.7 Å². The first kappa shape index (κ1) is 18.9. The van der Waals surface area contributed by atoms with E-state index in [-0.39, 0.29) is 12.6 Å². The molecule has 0 aliphatic carbocycles. The van der Waals surface area contributed by atoms with Crippen molar-refractivity contribution in [3.05, 3.63) is 29.8 Å². The van der Waals surface area contributed by atoms with E-state index in [1.54, 1.807) is 6.92 Å². The highest BCUT2D eigenvalue weighted by atomic mass is 19.4. The molecule has 9 heteroatoms. The number of para-hydroxylation sites is 1. The summed E-state index contributed by atoms with van der Waals surface area (Å²) in [6.45, 7) is 2.16. The van der Waals surface area contributed by atoms with Gasteiger partial charge in [0.25, 0.3) is 5.91 Å². The first-order chi connectivity index (χ1) is 11.8. The molecule has 0 spiro atoms. The Hall–Kier alpha value is -2.45. The molecule has 1 atom stereocenters. The molecule has 2 amide bonds. The van der Waals surface area contributed by atoms with Gasteiger partial charge < -0.3 is 19.7 Å². The number of halogens is 3. The minimum absolute atomic E-state index is 0.263. The van der Waals surface area contributed by atoms with Gasteiger partial charge in [-0.25, -0.2) is 4.79 Å². The fraction of sp³-hybridized carbons (Fsp3) is 0.500. The Morgan fingerprint density at radius 3 is 2.72 bits per heavy atom. The van der Waals surface area contributed by atoms with Crippen LogP contribution in [0.3, 0.4) is 0 Å². The van der Waals surface area contributed by atoms with Gasteiger partial charge in [0.15, 0.2) is 6.61 Å². The van der Waals surface area contributed by atoms with E-state index >= 15 is 0 Å². The summed E-state index contributed by atoms with van der Waals surface area (Å²) < 4.78 is 48.4. The Labute approximate surface area is 142 Å². The molecule has 0 bridgehead atoms.